The fourth-order valence-corrected chi connectivity index (χ4v) is 2.19. The first-order chi connectivity index (χ1) is 6.27. The number of aromatic nitrogens is 3. The van der Waals surface area contributed by atoms with E-state index in [1.54, 1.807) is 0 Å². The van der Waals surface area contributed by atoms with Crippen molar-refractivity contribution in [3.05, 3.63) is 10.6 Å². The lowest BCUT2D eigenvalue weighted by Gasteiger charge is -2.06. The van der Waals surface area contributed by atoms with Gasteiger partial charge in [-0.15, -0.1) is 0 Å². The Kier molecular flexibility index (Phi) is 2.49. The molecule has 0 aromatic carbocycles. The molecule has 0 aliphatic heterocycles. The van der Waals surface area contributed by atoms with Crippen molar-refractivity contribution in [3.63, 3.8) is 0 Å². The van der Waals surface area contributed by atoms with Gasteiger partial charge in [-0.2, -0.15) is 5.10 Å². The lowest BCUT2D eigenvalue weighted by Crippen LogP contribution is -2.05. The molecule has 13 heavy (non-hydrogen) atoms. The highest BCUT2D eigenvalue weighted by molar-refractivity contribution is 7.71. The van der Waals surface area contributed by atoms with Crippen molar-refractivity contribution in [1.82, 2.24) is 14.8 Å². The molecule has 1 N–H and O–H groups in total. The van der Waals surface area contributed by atoms with E-state index in [9.17, 15) is 0 Å². The molecule has 1 saturated carbocycles. The van der Waals surface area contributed by atoms with Crippen LogP contribution >= 0.6 is 12.2 Å². The molecular weight excluding hydrogens is 182 g/mol. The highest BCUT2D eigenvalue weighted by Gasteiger charge is 2.17. The summed E-state index contributed by atoms with van der Waals surface area (Å²) in [5.74, 6) is 1.95. The van der Waals surface area contributed by atoms with Crippen molar-refractivity contribution in [2.24, 2.45) is 13.0 Å². The Morgan fingerprint density at radius 1 is 1.54 bits per heavy atom. The Morgan fingerprint density at radius 2 is 2.23 bits per heavy atom. The third kappa shape index (κ3) is 1.82. The molecule has 0 bridgehead atoms. The van der Waals surface area contributed by atoms with Gasteiger partial charge >= 0.3 is 0 Å². The van der Waals surface area contributed by atoms with Gasteiger partial charge in [-0.1, -0.05) is 25.7 Å². The maximum absolute atomic E-state index is 5.06. The third-order valence-electron chi connectivity index (χ3n) is 2.92. The number of hydrogen-bond acceptors (Lipinski definition) is 2. The van der Waals surface area contributed by atoms with Gasteiger partial charge in [0.25, 0.3) is 0 Å². The summed E-state index contributed by atoms with van der Waals surface area (Å²) in [4.78, 5) is 0. The third-order valence-corrected chi connectivity index (χ3v) is 3.28. The Bertz CT molecular complexity index is 333. The lowest BCUT2D eigenvalue weighted by molar-refractivity contribution is 0.519. The lowest BCUT2D eigenvalue weighted by atomic mass is 10.0. The predicted octanol–water partition coefficient (Wildman–Crippen LogP) is 2.21. The number of rotatable bonds is 2. The summed E-state index contributed by atoms with van der Waals surface area (Å²) in [6, 6.07) is 0. The summed E-state index contributed by atoms with van der Waals surface area (Å²) in [5, 5.41) is 7.05. The van der Waals surface area contributed by atoms with E-state index in [0.29, 0.717) is 0 Å². The summed E-state index contributed by atoms with van der Waals surface area (Å²) in [5.41, 5.74) is 0. The van der Waals surface area contributed by atoms with Crippen LogP contribution in [-0.2, 0) is 13.5 Å². The molecule has 1 fully saturated rings. The largest absolute Gasteiger partial charge is 0.307 e. The van der Waals surface area contributed by atoms with Gasteiger partial charge < -0.3 is 4.57 Å². The Balaban J connectivity index is 2.08. The van der Waals surface area contributed by atoms with E-state index in [4.69, 9.17) is 12.2 Å². The molecule has 0 radical (unpaired) electrons. The molecule has 72 valence electrons. The summed E-state index contributed by atoms with van der Waals surface area (Å²) in [6.45, 7) is 0. The standard InChI is InChI=1S/C9H15N3S/c1-12-8(10-11-9(12)13)6-7-4-2-3-5-7/h7H,2-6H2,1H3,(H,11,13). The number of nitrogens with zero attached hydrogens (tertiary/aromatic N) is 2. The Morgan fingerprint density at radius 3 is 2.77 bits per heavy atom. The van der Waals surface area contributed by atoms with Gasteiger partial charge in [0.05, 0.1) is 0 Å². The normalized spacial score (nSPS) is 18.2. The van der Waals surface area contributed by atoms with Crippen LogP contribution in [0.1, 0.15) is 31.5 Å². The van der Waals surface area contributed by atoms with Crippen LogP contribution in [0.4, 0.5) is 0 Å². The zero-order valence-corrected chi connectivity index (χ0v) is 8.73. The zero-order valence-electron chi connectivity index (χ0n) is 7.92. The second kappa shape index (κ2) is 3.62. The minimum Gasteiger partial charge on any atom is -0.307 e. The SMILES string of the molecule is Cn1c(CC2CCCC2)n[nH]c1=S. The minimum atomic E-state index is 0.730. The maximum atomic E-state index is 5.06. The van der Waals surface area contributed by atoms with Gasteiger partial charge in [-0.25, -0.2) is 0 Å². The predicted molar refractivity (Wildman–Crippen MR) is 54.1 cm³/mol. The van der Waals surface area contributed by atoms with E-state index >= 15 is 0 Å². The van der Waals surface area contributed by atoms with Crippen LogP contribution in [0.15, 0.2) is 0 Å². The molecular formula is C9H15N3S. The van der Waals surface area contributed by atoms with E-state index in [2.05, 4.69) is 10.2 Å². The van der Waals surface area contributed by atoms with Crippen molar-refractivity contribution >= 4 is 12.2 Å². The molecule has 1 aromatic rings. The first-order valence-corrected chi connectivity index (χ1v) is 5.28. The molecule has 0 saturated heterocycles. The number of hydrogen-bond donors (Lipinski definition) is 1. The van der Waals surface area contributed by atoms with E-state index in [1.807, 2.05) is 11.6 Å². The van der Waals surface area contributed by atoms with Crippen molar-refractivity contribution in [2.45, 2.75) is 32.1 Å². The van der Waals surface area contributed by atoms with Crippen LogP contribution in [0.3, 0.4) is 0 Å². The van der Waals surface area contributed by atoms with E-state index in [-0.39, 0.29) is 0 Å². The van der Waals surface area contributed by atoms with Gasteiger partial charge in [-0.05, 0) is 18.1 Å². The molecule has 0 atom stereocenters. The summed E-state index contributed by atoms with van der Waals surface area (Å²) >= 11 is 5.06. The fraction of sp³-hybridized carbons (Fsp3) is 0.778. The topological polar surface area (TPSA) is 33.6 Å². The second-order valence-electron chi connectivity index (χ2n) is 3.86. The summed E-state index contributed by atoms with van der Waals surface area (Å²) in [6.07, 6.45) is 6.59. The highest BCUT2D eigenvalue weighted by Crippen LogP contribution is 2.27. The molecule has 0 spiro atoms. The zero-order chi connectivity index (χ0) is 9.26. The van der Waals surface area contributed by atoms with Gasteiger partial charge in [-0.3, -0.25) is 5.10 Å². The average Bonchev–Trinajstić information content (AvgIpc) is 2.71. The van der Waals surface area contributed by atoms with Crippen molar-refractivity contribution in [1.29, 1.82) is 0 Å². The van der Waals surface area contributed by atoms with Crippen LogP contribution in [-0.4, -0.2) is 14.8 Å². The fourth-order valence-electron chi connectivity index (χ4n) is 2.03. The van der Waals surface area contributed by atoms with Gasteiger partial charge in [0.1, 0.15) is 5.82 Å². The highest BCUT2D eigenvalue weighted by atomic mass is 32.1. The average molecular weight is 197 g/mol. The van der Waals surface area contributed by atoms with Crippen LogP contribution in [0, 0.1) is 10.7 Å². The first-order valence-electron chi connectivity index (χ1n) is 4.87. The smallest absolute Gasteiger partial charge is 0.194 e. The van der Waals surface area contributed by atoms with Crippen LogP contribution < -0.4 is 0 Å². The Hall–Kier alpha value is -0.640. The van der Waals surface area contributed by atoms with Crippen molar-refractivity contribution in [2.75, 3.05) is 0 Å². The molecule has 1 aromatic heterocycles. The van der Waals surface area contributed by atoms with Crippen molar-refractivity contribution < 1.29 is 0 Å². The van der Waals surface area contributed by atoms with E-state index in [1.165, 1.54) is 25.7 Å². The van der Waals surface area contributed by atoms with Crippen LogP contribution in [0.5, 0.6) is 0 Å². The maximum Gasteiger partial charge on any atom is 0.194 e. The van der Waals surface area contributed by atoms with Gasteiger partial charge in [0.15, 0.2) is 4.77 Å². The van der Waals surface area contributed by atoms with Crippen LogP contribution in [0.2, 0.25) is 0 Å². The second-order valence-corrected chi connectivity index (χ2v) is 4.25. The van der Waals surface area contributed by atoms with Crippen molar-refractivity contribution in [3.8, 4) is 0 Å². The summed E-state index contributed by atoms with van der Waals surface area (Å²) in [7, 11) is 1.98. The molecule has 3 nitrogen and oxygen atoms in total. The monoisotopic (exact) mass is 197 g/mol. The summed E-state index contributed by atoms with van der Waals surface area (Å²) < 4.78 is 2.71. The minimum absolute atomic E-state index is 0.730. The number of nitrogens with one attached hydrogen (secondary N) is 1. The molecule has 2 rings (SSSR count). The molecule has 1 aliphatic carbocycles. The Labute approximate surface area is 83.2 Å². The molecule has 1 aliphatic rings. The van der Waals surface area contributed by atoms with Crippen LogP contribution in [0.25, 0.3) is 0 Å². The first kappa shape index (κ1) is 8.94. The van der Waals surface area contributed by atoms with Gasteiger partial charge in [0, 0.05) is 13.5 Å². The molecule has 4 heteroatoms. The molecule has 0 unspecified atom stereocenters. The number of aromatic amines is 1. The number of H-pyrrole nitrogens is 1. The van der Waals surface area contributed by atoms with E-state index < -0.39 is 0 Å². The molecule has 0 amide bonds. The van der Waals surface area contributed by atoms with Gasteiger partial charge in [0.2, 0.25) is 0 Å². The quantitative estimate of drug-likeness (QED) is 0.737. The molecule has 1 heterocycles. The van der Waals surface area contributed by atoms with E-state index in [0.717, 1.165) is 22.9 Å².